The summed E-state index contributed by atoms with van der Waals surface area (Å²) >= 11 is 0. The molecule has 3 heterocycles. The Bertz CT molecular complexity index is 969. The molecule has 1 amide bonds. The molecule has 1 unspecified atom stereocenters. The highest BCUT2D eigenvalue weighted by Crippen LogP contribution is 2.35. The van der Waals surface area contributed by atoms with Gasteiger partial charge in [-0.25, -0.2) is 0 Å². The minimum absolute atomic E-state index is 0.0729. The van der Waals surface area contributed by atoms with Crippen molar-refractivity contribution in [2.45, 2.75) is 12.5 Å². The highest BCUT2D eigenvalue weighted by atomic mass is 16.7. The third kappa shape index (κ3) is 2.87. The molecule has 7 heteroatoms. The quantitative estimate of drug-likeness (QED) is 0.746. The van der Waals surface area contributed by atoms with Crippen LogP contribution < -0.4 is 19.7 Å². The van der Waals surface area contributed by atoms with Crippen LogP contribution in [0.3, 0.4) is 0 Å². The average Bonchev–Trinajstić information content (AvgIpc) is 3.44. The second kappa shape index (κ2) is 6.35. The van der Waals surface area contributed by atoms with Gasteiger partial charge >= 0.3 is 0 Å². The Hall–Kier alpha value is -3.48. The lowest BCUT2D eigenvalue weighted by molar-refractivity contribution is -0.117. The molecule has 1 saturated heterocycles. The van der Waals surface area contributed by atoms with E-state index in [2.05, 4.69) is 15.5 Å². The Kier molecular flexibility index (Phi) is 3.71. The molecule has 2 aromatic carbocycles. The number of carbonyl (C=O) groups excluding carboxylic acids is 1. The van der Waals surface area contributed by atoms with E-state index in [1.807, 2.05) is 53.6 Å². The summed E-state index contributed by atoms with van der Waals surface area (Å²) in [6, 6.07) is 13.3. The molecule has 0 spiro atoms. The molecule has 0 saturated carbocycles. The molecule has 1 fully saturated rings. The number of H-pyrrole nitrogens is 1. The van der Waals surface area contributed by atoms with Crippen LogP contribution in [0.15, 0.2) is 54.9 Å². The summed E-state index contributed by atoms with van der Waals surface area (Å²) in [7, 11) is 0. The first-order valence-corrected chi connectivity index (χ1v) is 8.85. The molecule has 2 aliphatic rings. The van der Waals surface area contributed by atoms with Crippen LogP contribution in [0.25, 0.3) is 11.1 Å². The molecule has 0 aliphatic carbocycles. The Morgan fingerprint density at radius 1 is 1.07 bits per heavy atom. The molecule has 1 atom stereocenters. The molecule has 0 radical (unpaired) electrons. The van der Waals surface area contributed by atoms with Crippen LogP contribution >= 0.6 is 0 Å². The zero-order valence-corrected chi connectivity index (χ0v) is 14.5. The van der Waals surface area contributed by atoms with Gasteiger partial charge in [-0.3, -0.25) is 9.89 Å². The number of carbonyl (C=O) groups is 1. The normalized spacial score (nSPS) is 18.1. The third-order valence-electron chi connectivity index (χ3n) is 4.93. The standard InChI is InChI=1S/C20H18N4O3/c25-20-17(23-15-3-6-18-19(9-15)27-12-26-18)7-8-24(20)16-4-1-13(2-5-16)14-10-21-22-11-14/h1-6,9-11,17,23H,7-8,12H2,(H,21,22). The topological polar surface area (TPSA) is 79.5 Å². The molecule has 7 nitrogen and oxygen atoms in total. The first-order valence-electron chi connectivity index (χ1n) is 8.85. The van der Waals surface area contributed by atoms with Gasteiger partial charge in [-0.2, -0.15) is 5.10 Å². The highest BCUT2D eigenvalue weighted by Gasteiger charge is 2.32. The Balaban J connectivity index is 1.29. The lowest BCUT2D eigenvalue weighted by Crippen LogP contribution is -2.33. The van der Waals surface area contributed by atoms with Gasteiger partial charge in [0.15, 0.2) is 11.5 Å². The van der Waals surface area contributed by atoms with Crippen LogP contribution in [0.4, 0.5) is 11.4 Å². The molecule has 2 N–H and O–H groups in total. The smallest absolute Gasteiger partial charge is 0.249 e. The van der Waals surface area contributed by atoms with Crippen molar-refractivity contribution in [3.05, 3.63) is 54.9 Å². The fourth-order valence-corrected chi connectivity index (χ4v) is 3.50. The number of hydrogen-bond donors (Lipinski definition) is 2. The van der Waals surface area contributed by atoms with E-state index >= 15 is 0 Å². The van der Waals surface area contributed by atoms with E-state index in [1.54, 1.807) is 6.20 Å². The number of ether oxygens (including phenoxy) is 2. The summed E-state index contributed by atoms with van der Waals surface area (Å²) in [5.74, 6) is 1.51. The lowest BCUT2D eigenvalue weighted by Gasteiger charge is -2.18. The number of hydrogen-bond acceptors (Lipinski definition) is 5. The number of aromatic amines is 1. The van der Waals surface area contributed by atoms with Crippen LogP contribution in [-0.2, 0) is 4.79 Å². The maximum atomic E-state index is 12.9. The number of benzene rings is 2. The summed E-state index contributed by atoms with van der Waals surface area (Å²) in [5, 5.41) is 10.1. The Labute approximate surface area is 155 Å². The summed E-state index contributed by atoms with van der Waals surface area (Å²) in [5.41, 5.74) is 3.85. The first kappa shape index (κ1) is 15.7. The predicted octanol–water partition coefficient (Wildman–Crippen LogP) is 3.02. The zero-order chi connectivity index (χ0) is 18.2. The van der Waals surface area contributed by atoms with Gasteiger partial charge in [0.25, 0.3) is 0 Å². The van der Waals surface area contributed by atoms with Crippen LogP contribution in [0.5, 0.6) is 11.5 Å². The van der Waals surface area contributed by atoms with Crippen molar-refractivity contribution in [1.82, 2.24) is 10.2 Å². The SMILES string of the molecule is O=C1C(Nc2ccc3c(c2)OCO3)CCN1c1ccc(-c2cn[nH]c2)cc1. The van der Waals surface area contributed by atoms with E-state index in [0.717, 1.165) is 34.7 Å². The second-order valence-electron chi connectivity index (χ2n) is 6.58. The van der Waals surface area contributed by atoms with Gasteiger partial charge < -0.3 is 19.7 Å². The minimum Gasteiger partial charge on any atom is -0.454 e. The fraction of sp³-hybridized carbons (Fsp3) is 0.200. The molecular formula is C20H18N4O3. The number of nitrogens with one attached hydrogen (secondary N) is 2. The third-order valence-corrected chi connectivity index (χ3v) is 4.93. The fourth-order valence-electron chi connectivity index (χ4n) is 3.50. The van der Waals surface area contributed by atoms with Gasteiger partial charge in [-0.1, -0.05) is 12.1 Å². The molecule has 136 valence electrons. The van der Waals surface area contributed by atoms with Crippen molar-refractivity contribution in [3.8, 4) is 22.6 Å². The van der Waals surface area contributed by atoms with Crippen molar-refractivity contribution < 1.29 is 14.3 Å². The van der Waals surface area contributed by atoms with Crippen molar-refractivity contribution >= 4 is 17.3 Å². The number of aromatic nitrogens is 2. The van der Waals surface area contributed by atoms with E-state index in [9.17, 15) is 4.79 Å². The first-order chi connectivity index (χ1) is 13.3. The van der Waals surface area contributed by atoms with Crippen molar-refractivity contribution in [2.75, 3.05) is 23.6 Å². The van der Waals surface area contributed by atoms with Crippen LogP contribution in [0, 0.1) is 0 Å². The van der Waals surface area contributed by atoms with Crippen molar-refractivity contribution in [1.29, 1.82) is 0 Å². The van der Waals surface area contributed by atoms with Crippen molar-refractivity contribution in [3.63, 3.8) is 0 Å². The maximum Gasteiger partial charge on any atom is 0.249 e. The summed E-state index contributed by atoms with van der Waals surface area (Å²) in [6.07, 6.45) is 4.37. The van der Waals surface area contributed by atoms with Crippen LogP contribution in [0.1, 0.15) is 6.42 Å². The molecule has 1 aromatic heterocycles. The molecule has 0 bridgehead atoms. The average molecular weight is 362 g/mol. The minimum atomic E-state index is -0.251. The highest BCUT2D eigenvalue weighted by molar-refractivity contribution is 6.01. The monoisotopic (exact) mass is 362 g/mol. The van der Waals surface area contributed by atoms with Crippen LogP contribution in [-0.4, -0.2) is 35.5 Å². The molecule has 27 heavy (non-hydrogen) atoms. The number of fused-ring (bicyclic) bond motifs is 1. The van der Waals surface area contributed by atoms with Gasteiger partial charge in [-0.05, 0) is 36.2 Å². The van der Waals surface area contributed by atoms with E-state index in [0.29, 0.717) is 12.3 Å². The number of anilines is 2. The molecule has 5 rings (SSSR count). The summed E-state index contributed by atoms with van der Waals surface area (Å²) in [4.78, 5) is 14.7. The molecule has 3 aromatic rings. The predicted molar refractivity (Wildman–Crippen MR) is 101 cm³/mol. The van der Waals surface area contributed by atoms with Gasteiger partial charge in [0.05, 0.1) is 6.20 Å². The molecule has 2 aliphatic heterocycles. The van der Waals surface area contributed by atoms with Crippen molar-refractivity contribution in [2.24, 2.45) is 0 Å². The number of nitrogens with zero attached hydrogens (tertiary/aromatic N) is 2. The van der Waals surface area contributed by atoms with E-state index in [-0.39, 0.29) is 18.7 Å². The van der Waals surface area contributed by atoms with Gasteiger partial charge in [-0.15, -0.1) is 0 Å². The largest absolute Gasteiger partial charge is 0.454 e. The van der Waals surface area contributed by atoms with E-state index < -0.39 is 0 Å². The second-order valence-corrected chi connectivity index (χ2v) is 6.58. The Morgan fingerprint density at radius 2 is 1.93 bits per heavy atom. The molecular weight excluding hydrogens is 344 g/mol. The van der Waals surface area contributed by atoms with Gasteiger partial charge in [0.2, 0.25) is 12.7 Å². The lowest BCUT2D eigenvalue weighted by atomic mass is 10.1. The zero-order valence-electron chi connectivity index (χ0n) is 14.5. The Morgan fingerprint density at radius 3 is 2.74 bits per heavy atom. The van der Waals surface area contributed by atoms with Crippen LogP contribution in [0.2, 0.25) is 0 Å². The maximum absolute atomic E-state index is 12.9. The number of rotatable bonds is 4. The van der Waals surface area contributed by atoms with Gasteiger partial charge in [0.1, 0.15) is 6.04 Å². The van der Waals surface area contributed by atoms with Gasteiger partial charge in [0, 0.05) is 35.7 Å². The summed E-state index contributed by atoms with van der Waals surface area (Å²) < 4.78 is 10.7. The van der Waals surface area contributed by atoms with E-state index in [1.165, 1.54) is 0 Å². The summed E-state index contributed by atoms with van der Waals surface area (Å²) in [6.45, 7) is 0.926. The van der Waals surface area contributed by atoms with E-state index in [4.69, 9.17) is 9.47 Å². The number of amides is 1.